The number of carbonyl (C=O) groups excluding carboxylic acids is 1. The highest BCUT2D eigenvalue weighted by molar-refractivity contribution is 7.99. The molecule has 0 fully saturated rings. The number of carbonyl (C=O) groups is 1. The van der Waals surface area contributed by atoms with Crippen LogP contribution >= 0.6 is 11.8 Å². The number of hydrogen-bond donors (Lipinski definition) is 1. The Morgan fingerprint density at radius 1 is 1.38 bits per heavy atom. The molecular weight excluding hydrogens is 289 g/mol. The van der Waals surface area contributed by atoms with E-state index < -0.39 is 0 Å². The first kappa shape index (κ1) is 15.6. The number of thioether (sulfide) groups is 1. The lowest BCUT2D eigenvalue weighted by Crippen LogP contribution is -2.25. The molecule has 0 saturated carbocycles. The highest BCUT2D eigenvalue weighted by atomic mass is 32.2. The maximum Gasteiger partial charge on any atom is 0.254 e. The monoisotopic (exact) mass is 307 g/mol. The van der Waals surface area contributed by atoms with Gasteiger partial charge in [-0.25, -0.2) is 4.39 Å². The summed E-state index contributed by atoms with van der Waals surface area (Å²) in [5.74, 6) is 0.559. The fourth-order valence-corrected chi connectivity index (χ4v) is 2.77. The van der Waals surface area contributed by atoms with Crippen LogP contribution in [0.5, 0.6) is 0 Å². The van der Waals surface area contributed by atoms with E-state index in [1.165, 1.54) is 12.1 Å². The molecule has 0 unspecified atom stereocenters. The number of amides is 1. The van der Waals surface area contributed by atoms with Crippen LogP contribution in [0, 0.1) is 12.7 Å². The molecule has 6 heteroatoms. The van der Waals surface area contributed by atoms with Crippen molar-refractivity contribution in [2.24, 2.45) is 7.05 Å². The van der Waals surface area contributed by atoms with Gasteiger partial charge in [0.15, 0.2) is 0 Å². The van der Waals surface area contributed by atoms with Crippen LogP contribution in [0.2, 0.25) is 0 Å². The Morgan fingerprint density at radius 3 is 2.71 bits per heavy atom. The maximum absolute atomic E-state index is 12.8. The van der Waals surface area contributed by atoms with Gasteiger partial charge in [0, 0.05) is 24.7 Å². The Labute approximate surface area is 127 Å². The zero-order chi connectivity index (χ0) is 15.2. The van der Waals surface area contributed by atoms with Gasteiger partial charge in [0.2, 0.25) is 0 Å². The predicted molar refractivity (Wildman–Crippen MR) is 82.0 cm³/mol. The van der Waals surface area contributed by atoms with Crippen LogP contribution in [-0.2, 0) is 7.05 Å². The predicted octanol–water partition coefficient (Wildman–Crippen LogP) is 2.78. The lowest BCUT2D eigenvalue weighted by molar-refractivity contribution is 0.0953. The van der Waals surface area contributed by atoms with Gasteiger partial charge in [-0.2, -0.15) is 5.10 Å². The molecule has 2 aromatic rings. The van der Waals surface area contributed by atoms with Gasteiger partial charge < -0.3 is 5.32 Å². The molecule has 0 aliphatic rings. The second-order valence-corrected chi connectivity index (χ2v) is 5.88. The molecule has 1 N–H and O–H groups in total. The fourth-order valence-electron chi connectivity index (χ4n) is 1.91. The molecule has 0 radical (unpaired) electrons. The Hall–Kier alpha value is -1.82. The average molecular weight is 307 g/mol. The second-order valence-electron chi connectivity index (χ2n) is 4.71. The summed E-state index contributed by atoms with van der Waals surface area (Å²) in [5.41, 5.74) is 1.35. The van der Waals surface area contributed by atoms with Crippen LogP contribution in [0.25, 0.3) is 0 Å². The van der Waals surface area contributed by atoms with E-state index in [1.54, 1.807) is 41.8 Å². The Kier molecular flexibility index (Phi) is 5.38. The second kappa shape index (κ2) is 7.26. The van der Waals surface area contributed by atoms with E-state index in [0.29, 0.717) is 12.1 Å². The van der Waals surface area contributed by atoms with Crippen molar-refractivity contribution in [2.45, 2.75) is 18.2 Å². The molecule has 1 aromatic carbocycles. The maximum atomic E-state index is 12.8. The van der Waals surface area contributed by atoms with Gasteiger partial charge in [0.05, 0.1) is 11.3 Å². The largest absolute Gasteiger partial charge is 0.352 e. The Morgan fingerprint density at radius 2 is 2.10 bits per heavy atom. The van der Waals surface area contributed by atoms with Gasteiger partial charge in [0.1, 0.15) is 5.82 Å². The first-order valence-electron chi connectivity index (χ1n) is 6.73. The molecule has 0 aliphatic heterocycles. The van der Waals surface area contributed by atoms with Crippen LogP contribution in [-0.4, -0.2) is 28.0 Å². The minimum atomic E-state index is -0.224. The van der Waals surface area contributed by atoms with Crippen LogP contribution in [0.4, 0.5) is 4.39 Å². The zero-order valence-corrected chi connectivity index (χ0v) is 12.9. The number of nitrogens with zero attached hydrogens (tertiary/aromatic N) is 2. The van der Waals surface area contributed by atoms with Crippen molar-refractivity contribution in [1.29, 1.82) is 0 Å². The zero-order valence-electron chi connectivity index (χ0n) is 12.1. The van der Waals surface area contributed by atoms with Crippen molar-refractivity contribution in [2.75, 3.05) is 12.3 Å². The van der Waals surface area contributed by atoms with Gasteiger partial charge in [-0.15, -0.1) is 11.8 Å². The summed E-state index contributed by atoms with van der Waals surface area (Å²) in [6.07, 6.45) is 2.57. The van der Waals surface area contributed by atoms with Crippen molar-refractivity contribution in [3.63, 3.8) is 0 Å². The molecule has 1 amide bonds. The van der Waals surface area contributed by atoms with Gasteiger partial charge in [0.25, 0.3) is 5.91 Å². The summed E-state index contributed by atoms with van der Waals surface area (Å²) in [5, 5.41) is 7.03. The molecule has 1 aromatic heterocycles. The first-order valence-corrected chi connectivity index (χ1v) is 7.71. The number of aryl methyl sites for hydroxylation is 2. The van der Waals surface area contributed by atoms with E-state index in [1.807, 2.05) is 6.92 Å². The Balaban J connectivity index is 1.69. The molecule has 0 saturated heterocycles. The molecule has 21 heavy (non-hydrogen) atoms. The molecule has 2 rings (SSSR count). The summed E-state index contributed by atoms with van der Waals surface area (Å²) >= 11 is 1.65. The number of halogens is 1. The number of hydrogen-bond acceptors (Lipinski definition) is 3. The SMILES string of the molecule is Cc1nn(C)cc1C(=O)NCCCSc1ccc(F)cc1. The fraction of sp³-hybridized carbons (Fsp3) is 0.333. The van der Waals surface area contributed by atoms with E-state index in [-0.39, 0.29) is 11.7 Å². The van der Waals surface area contributed by atoms with Crippen molar-refractivity contribution in [1.82, 2.24) is 15.1 Å². The summed E-state index contributed by atoms with van der Waals surface area (Å²) in [7, 11) is 1.79. The van der Waals surface area contributed by atoms with Crippen LogP contribution in [0.1, 0.15) is 22.5 Å². The van der Waals surface area contributed by atoms with E-state index in [0.717, 1.165) is 22.8 Å². The summed E-state index contributed by atoms with van der Waals surface area (Å²) in [6, 6.07) is 6.43. The van der Waals surface area contributed by atoms with Gasteiger partial charge in [-0.05, 0) is 43.4 Å². The molecular formula is C15H18FN3OS. The number of aromatic nitrogens is 2. The van der Waals surface area contributed by atoms with E-state index >= 15 is 0 Å². The lowest BCUT2D eigenvalue weighted by Gasteiger charge is -2.04. The van der Waals surface area contributed by atoms with Crippen molar-refractivity contribution in [3.8, 4) is 0 Å². The third kappa shape index (κ3) is 4.60. The van der Waals surface area contributed by atoms with Crippen molar-refractivity contribution in [3.05, 3.63) is 47.5 Å². The van der Waals surface area contributed by atoms with Crippen molar-refractivity contribution >= 4 is 17.7 Å². The topological polar surface area (TPSA) is 46.9 Å². The standard InChI is InChI=1S/C15H18FN3OS/c1-11-14(10-19(2)18-11)15(20)17-8-3-9-21-13-6-4-12(16)5-7-13/h4-7,10H,3,8-9H2,1-2H3,(H,17,20). The smallest absolute Gasteiger partial charge is 0.254 e. The molecule has 0 bridgehead atoms. The summed E-state index contributed by atoms with van der Waals surface area (Å²) < 4.78 is 14.4. The average Bonchev–Trinajstić information content (AvgIpc) is 2.79. The molecule has 4 nitrogen and oxygen atoms in total. The third-order valence-corrected chi connectivity index (χ3v) is 4.05. The molecule has 0 spiro atoms. The van der Waals surface area contributed by atoms with E-state index in [9.17, 15) is 9.18 Å². The minimum Gasteiger partial charge on any atom is -0.352 e. The van der Waals surface area contributed by atoms with Crippen LogP contribution in [0.15, 0.2) is 35.4 Å². The number of nitrogens with one attached hydrogen (secondary N) is 1. The van der Waals surface area contributed by atoms with Crippen LogP contribution in [0.3, 0.4) is 0 Å². The van der Waals surface area contributed by atoms with Crippen molar-refractivity contribution < 1.29 is 9.18 Å². The first-order chi connectivity index (χ1) is 10.1. The lowest BCUT2D eigenvalue weighted by atomic mass is 10.2. The summed E-state index contributed by atoms with van der Waals surface area (Å²) in [4.78, 5) is 13.0. The highest BCUT2D eigenvalue weighted by Gasteiger charge is 2.11. The minimum absolute atomic E-state index is 0.0904. The quantitative estimate of drug-likeness (QED) is 0.659. The molecule has 0 aliphatic carbocycles. The summed E-state index contributed by atoms with van der Waals surface area (Å²) in [6.45, 7) is 2.43. The van der Waals surface area contributed by atoms with Gasteiger partial charge in [-0.3, -0.25) is 9.48 Å². The van der Waals surface area contributed by atoms with Gasteiger partial charge >= 0.3 is 0 Å². The number of rotatable bonds is 6. The normalized spacial score (nSPS) is 10.6. The molecule has 1 heterocycles. The third-order valence-electron chi connectivity index (χ3n) is 2.95. The molecule has 0 atom stereocenters. The van der Waals surface area contributed by atoms with E-state index in [2.05, 4.69) is 10.4 Å². The highest BCUT2D eigenvalue weighted by Crippen LogP contribution is 2.18. The molecule has 112 valence electrons. The van der Waals surface area contributed by atoms with Gasteiger partial charge in [-0.1, -0.05) is 0 Å². The number of benzene rings is 1. The van der Waals surface area contributed by atoms with Crippen LogP contribution < -0.4 is 5.32 Å². The van der Waals surface area contributed by atoms with E-state index in [4.69, 9.17) is 0 Å². The Bertz CT molecular complexity index is 610.